The van der Waals surface area contributed by atoms with Gasteiger partial charge >= 0.3 is 12.3 Å². The van der Waals surface area contributed by atoms with Crippen molar-refractivity contribution in [2.45, 2.75) is 19.5 Å². The van der Waals surface area contributed by atoms with Crippen LogP contribution in [0.1, 0.15) is 27.9 Å². The van der Waals surface area contributed by atoms with Gasteiger partial charge in [0.1, 0.15) is 0 Å². The molecular weight excluding hydrogens is 441 g/mol. The van der Waals surface area contributed by atoms with Crippen molar-refractivity contribution in [2.24, 2.45) is 0 Å². The molecule has 0 atom stereocenters. The van der Waals surface area contributed by atoms with E-state index in [0.717, 1.165) is 13.0 Å². The van der Waals surface area contributed by atoms with Gasteiger partial charge < -0.3 is 10.4 Å². The van der Waals surface area contributed by atoms with Gasteiger partial charge in [-0.15, -0.1) is 0 Å². The number of anilines is 2. The van der Waals surface area contributed by atoms with E-state index in [9.17, 15) is 27.6 Å². The van der Waals surface area contributed by atoms with Crippen LogP contribution in [0.2, 0.25) is 0 Å². The highest BCUT2D eigenvalue weighted by Gasteiger charge is 2.33. The summed E-state index contributed by atoms with van der Waals surface area (Å²) in [6.07, 6.45) is -2.44. The molecule has 11 heteroatoms. The molecule has 0 aliphatic carbocycles. The molecule has 3 N–H and O–H groups in total. The number of carbonyl (C=O) groups is 3. The summed E-state index contributed by atoms with van der Waals surface area (Å²) in [5.41, 5.74) is -0.647. The molecule has 0 unspecified atom stereocenters. The molecule has 0 aliphatic heterocycles. The Hall–Kier alpha value is -4.28. The van der Waals surface area contributed by atoms with Gasteiger partial charge in [0.25, 0.3) is 0 Å². The van der Waals surface area contributed by atoms with Gasteiger partial charge in [-0.25, -0.2) is 4.79 Å². The zero-order valence-corrected chi connectivity index (χ0v) is 17.1. The van der Waals surface area contributed by atoms with E-state index >= 15 is 0 Å². The molecule has 0 spiro atoms. The number of halogens is 3. The van der Waals surface area contributed by atoms with Gasteiger partial charge in [0.2, 0.25) is 5.91 Å². The Morgan fingerprint density at radius 3 is 2.39 bits per heavy atom. The Kier molecular flexibility index (Phi) is 6.71. The number of aromatic nitrogens is 2. The molecule has 0 fully saturated rings. The number of hydrogen-bond donors (Lipinski definition) is 3. The van der Waals surface area contributed by atoms with Crippen LogP contribution in [-0.4, -0.2) is 32.9 Å². The highest BCUT2D eigenvalue weighted by atomic mass is 19.4. The second-order valence-corrected chi connectivity index (χ2v) is 6.96. The van der Waals surface area contributed by atoms with Crippen LogP contribution in [0.15, 0.2) is 55.0 Å². The van der Waals surface area contributed by atoms with Crippen LogP contribution in [-0.2, 0) is 11.0 Å². The molecule has 1 heterocycles. The number of aryl methyl sites for hydroxylation is 1. The largest absolute Gasteiger partial charge is 0.465 e. The van der Waals surface area contributed by atoms with E-state index in [1.54, 1.807) is 12.1 Å². The molecule has 0 aliphatic rings. The SMILES string of the molecule is Cc1cc(NC(=O)O)c(NC(=O)CC(=O)c2cccc(-c3cnccn3)c2)cc1C(F)(F)F. The number of alkyl halides is 3. The number of ketones is 1. The maximum absolute atomic E-state index is 13.3. The number of hydrogen-bond acceptors (Lipinski definition) is 5. The van der Waals surface area contributed by atoms with E-state index in [0.29, 0.717) is 17.3 Å². The molecule has 1 aromatic heterocycles. The van der Waals surface area contributed by atoms with Crippen LogP contribution in [0.5, 0.6) is 0 Å². The highest BCUT2D eigenvalue weighted by Crippen LogP contribution is 2.37. The minimum atomic E-state index is -4.72. The van der Waals surface area contributed by atoms with E-state index in [1.165, 1.54) is 30.7 Å². The standard InChI is InChI=1S/C22H17F3N4O4/c1-12-7-16(29-21(32)33)17(9-15(12)22(23,24)25)28-20(31)10-19(30)14-4-2-3-13(8-14)18-11-26-5-6-27-18/h2-9,11,29H,10H2,1H3,(H,28,31)(H,32,33). The molecule has 8 nitrogen and oxygen atoms in total. The number of carbonyl (C=O) groups excluding carboxylic acids is 2. The zero-order valence-electron chi connectivity index (χ0n) is 17.1. The van der Waals surface area contributed by atoms with Gasteiger partial charge in [0.05, 0.1) is 35.2 Å². The Morgan fingerprint density at radius 2 is 1.76 bits per heavy atom. The highest BCUT2D eigenvalue weighted by molar-refractivity contribution is 6.12. The lowest BCUT2D eigenvalue weighted by Crippen LogP contribution is -2.20. The first kappa shape index (κ1) is 23.4. The Balaban J connectivity index is 1.82. The van der Waals surface area contributed by atoms with Gasteiger partial charge in [-0.05, 0) is 30.7 Å². The van der Waals surface area contributed by atoms with Crippen molar-refractivity contribution in [1.29, 1.82) is 0 Å². The van der Waals surface area contributed by atoms with Crippen molar-refractivity contribution >= 4 is 29.2 Å². The number of nitrogens with one attached hydrogen (secondary N) is 2. The Bertz CT molecular complexity index is 1210. The fraction of sp³-hybridized carbons (Fsp3) is 0.136. The summed E-state index contributed by atoms with van der Waals surface area (Å²) in [6, 6.07) is 7.89. The third-order valence-electron chi connectivity index (χ3n) is 4.55. The maximum Gasteiger partial charge on any atom is 0.416 e. The first-order valence-electron chi connectivity index (χ1n) is 9.46. The summed E-state index contributed by atoms with van der Waals surface area (Å²) in [5.74, 6) is -1.50. The number of nitrogens with zero attached hydrogens (tertiary/aromatic N) is 2. The second kappa shape index (κ2) is 9.47. The van der Waals surface area contributed by atoms with Crippen LogP contribution in [0.25, 0.3) is 11.3 Å². The number of Topliss-reactive ketones (excluding diaryl/α,β-unsaturated/α-hetero) is 1. The van der Waals surface area contributed by atoms with E-state index < -0.39 is 41.6 Å². The van der Waals surface area contributed by atoms with Crippen molar-refractivity contribution in [3.8, 4) is 11.3 Å². The van der Waals surface area contributed by atoms with E-state index in [-0.39, 0.29) is 16.8 Å². The summed E-state index contributed by atoms with van der Waals surface area (Å²) in [5, 5.41) is 13.1. The topological polar surface area (TPSA) is 121 Å². The van der Waals surface area contributed by atoms with Crippen LogP contribution < -0.4 is 10.6 Å². The molecule has 0 bridgehead atoms. The van der Waals surface area contributed by atoms with Gasteiger partial charge in [0.15, 0.2) is 5.78 Å². The number of benzene rings is 2. The minimum Gasteiger partial charge on any atom is -0.465 e. The lowest BCUT2D eigenvalue weighted by atomic mass is 10.0. The Labute approximate surface area is 185 Å². The third kappa shape index (κ3) is 5.91. The number of carboxylic acid groups (broad SMARTS) is 1. The average Bonchev–Trinajstić information content (AvgIpc) is 2.75. The van der Waals surface area contributed by atoms with E-state index in [4.69, 9.17) is 5.11 Å². The lowest BCUT2D eigenvalue weighted by Gasteiger charge is -2.17. The summed E-state index contributed by atoms with van der Waals surface area (Å²) in [6.45, 7) is 1.16. The van der Waals surface area contributed by atoms with Crippen LogP contribution >= 0.6 is 0 Å². The molecule has 33 heavy (non-hydrogen) atoms. The van der Waals surface area contributed by atoms with Crippen LogP contribution in [0.3, 0.4) is 0 Å². The molecule has 3 aromatic rings. The first-order valence-corrected chi connectivity index (χ1v) is 9.46. The summed E-state index contributed by atoms with van der Waals surface area (Å²) in [4.78, 5) is 44.1. The fourth-order valence-electron chi connectivity index (χ4n) is 3.08. The number of rotatable bonds is 6. The zero-order chi connectivity index (χ0) is 24.2. The molecule has 0 radical (unpaired) electrons. The van der Waals surface area contributed by atoms with E-state index in [1.807, 2.05) is 5.32 Å². The van der Waals surface area contributed by atoms with Gasteiger partial charge in [-0.2, -0.15) is 13.2 Å². The summed E-state index contributed by atoms with van der Waals surface area (Å²) in [7, 11) is 0. The van der Waals surface area contributed by atoms with E-state index in [2.05, 4.69) is 15.3 Å². The lowest BCUT2D eigenvalue weighted by molar-refractivity contribution is -0.138. The maximum atomic E-state index is 13.3. The Morgan fingerprint density at radius 1 is 1.03 bits per heavy atom. The summed E-state index contributed by atoms with van der Waals surface area (Å²) >= 11 is 0. The van der Waals surface area contributed by atoms with Crippen molar-refractivity contribution < 1.29 is 32.7 Å². The predicted molar refractivity (Wildman–Crippen MR) is 113 cm³/mol. The van der Waals surface area contributed by atoms with Crippen LogP contribution in [0, 0.1) is 6.92 Å². The van der Waals surface area contributed by atoms with Gasteiger partial charge in [0, 0.05) is 23.5 Å². The smallest absolute Gasteiger partial charge is 0.416 e. The summed E-state index contributed by atoms with van der Waals surface area (Å²) < 4.78 is 39.8. The van der Waals surface area contributed by atoms with Gasteiger partial charge in [-0.1, -0.05) is 18.2 Å². The quantitative estimate of drug-likeness (QED) is 0.361. The number of amides is 2. The monoisotopic (exact) mass is 458 g/mol. The van der Waals surface area contributed by atoms with Crippen molar-refractivity contribution in [2.75, 3.05) is 10.6 Å². The molecule has 3 rings (SSSR count). The molecule has 2 aromatic carbocycles. The fourth-order valence-corrected chi connectivity index (χ4v) is 3.08. The molecular formula is C22H17F3N4O4. The van der Waals surface area contributed by atoms with Crippen molar-refractivity contribution in [3.05, 3.63) is 71.7 Å². The van der Waals surface area contributed by atoms with Crippen molar-refractivity contribution in [3.63, 3.8) is 0 Å². The third-order valence-corrected chi connectivity index (χ3v) is 4.55. The first-order chi connectivity index (χ1) is 15.5. The van der Waals surface area contributed by atoms with Crippen LogP contribution in [0.4, 0.5) is 29.3 Å². The average molecular weight is 458 g/mol. The molecule has 0 saturated heterocycles. The molecule has 0 saturated carbocycles. The molecule has 2 amide bonds. The predicted octanol–water partition coefficient (Wildman–Crippen LogP) is 4.77. The normalized spacial score (nSPS) is 11.0. The van der Waals surface area contributed by atoms with Gasteiger partial charge in [-0.3, -0.25) is 24.9 Å². The molecule has 170 valence electrons. The minimum absolute atomic E-state index is 0.192. The van der Waals surface area contributed by atoms with Crippen molar-refractivity contribution in [1.82, 2.24) is 9.97 Å². The second-order valence-electron chi connectivity index (χ2n) is 6.96.